The molecule has 0 aliphatic heterocycles. The Morgan fingerprint density at radius 1 is 0.489 bits per heavy atom. The lowest BCUT2D eigenvalue weighted by molar-refractivity contribution is 0.672. The van der Waals surface area contributed by atoms with E-state index < -0.39 is 0 Å². The maximum absolute atomic E-state index is 6.77. The molecule has 3 nitrogen and oxygen atoms in total. The molecule has 222 valence electrons. The number of anilines is 3. The van der Waals surface area contributed by atoms with Crippen molar-refractivity contribution in [2.45, 2.75) is 6.92 Å². The lowest BCUT2D eigenvalue weighted by Crippen LogP contribution is -2.09. The molecule has 0 bridgehead atoms. The highest BCUT2D eigenvalue weighted by atomic mass is 16.3. The molecule has 0 spiro atoms. The quantitative estimate of drug-likeness (QED) is 0.196. The molecule has 0 radical (unpaired) electrons. The monoisotopic (exact) mass is 602 g/mol. The molecule has 0 saturated heterocycles. The van der Waals surface area contributed by atoms with Crippen molar-refractivity contribution < 1.29 is 4.42 Å². The van der Waals surface area contributed by atoms with Crippen LogP contribution in [0.1, 0.15) is 5.56 Å². The van der Waals surface area contributed by atoms with Gasteiger partial charge in [-0.1, -0.05) is 121 Å². The van der Waals surface area contributed by atoms with Crippen molar-refractivity contribution in [2.75, 3.05) is 4.90 Å². The van der Waals surface area contributed by atoms with Crippen molar-refractivity contribution in [2.24, 2.45) is 0 Å². The van der Waals surface area contributed by atoms with Gasteiger partial charge in [-0.25, -0.2) is 4.98 Å². The Balaban J connectivity index is 1.39. The SMILES string of the molecule is Cc1c(-c2cc3c(oc4cccc(N(c5ccccc5)c5ccccc5)c43)c3ccccc23)nc(-c2ccccc2)c2ccccc12. The number of furan rings is 1. The van der Waals surface area contributed by atoms with Crippen LogP contribution in [0, 0.1) is 6.92 Å². The van der Waals surface area contributed by atoms with Crippen LogP contribution in [0.4, 0.5) is 17.1 Å². The normalized spacial score (nSPS) is 11.5. The maximum atomic E-state index is 6.77. The second-order valence-corrected chi connectivity index (χ2v) is 12.0. The molecule has 7 aromatic carbocycles. The van der Waals surface area contributed by atoms with E-state index in [0.717, 1.165) is 83.2 Å². The van der Waals surface area contributed by atoms with Gasteiger partial charge in [0.2, 0.25) is 0 Å². The van der Waals surface area contributed by atoms with Crippen LogP contribution in [0.5, 0.6) is 0 Å². The maximum Gasteiger partial charge on any atom is 0.143 e. The summed E-state index contributed by atoms with van der Waals surface area (Å²) in [7, 11) is 0. The molecular formula is C44H30N2O. The van der Waals surface area contributed by atoms with E-state index in [1.165, 1.54) is 5.39 Å². The Hall–Kier alpha value is -6.19. The summed E-state index contributed by atoms with van der Waals surface area (Å²) in [6, 6.07) is 57.4. The Kier molecular flexibility index (Phi) is 6.36. The summed E-state index contributed by atoms with van der Waals surface area (Å²) in [5.41, 5.74) is 10.3. The van der Waals surface area contributed by atoms with E-state index in [0.29, 0.717) is 0 Å². The fourth-order valence-electron chi connectivity index (χ4n) is 7.07. The highest BCUT2D eigenvalue weighted by Crippen LogP contribution is 2.47. The van der Waals surface area contributed by atoms with Gasteiger partial charge in [0.25, 0.3) is 0 Å². The molecule has 0 atom stereocenters. The second kappa shape index (κ2) is 11.0. The standard InChI is InChI=1S/C44H30N2O/c1-29-33-22-11-13-24-35(33)43(30-16-5-2-6-17-30)45-42(29)37-28-38-41-39(46(31-18-7-3-8-19-31)32-20-9-4-10-21-32)26-15-27-40(41)47-44(38)36-25-14-12-23-34(36)37/h2-28H,1H3. The number of hydrogen-bond acceptors (Lipinski definition) is 3. The van der Waals surface area contributed by atoms with Crippen molar-refractivity contribution in [1.82, 2.24) is 4.98 Å². The third-order valence-corrected chi connectivity index (χ3v) is 9.22. The van der Waals surface area contributed by atoms with E-state index in [2.05, 4.69) is 176 Å². The molecule has 0 saturated carbocycles. The van der Waals surface area contributed by atoms with Gasteiger partial charge >= 0.3 is 0 Å². The average Bonchev–Trinajstić information content (AvgIpc) is 3.53. The minimum atomic E-state index is 0.852. The lowest BCUT2D eigenvalue weighted by Gasteiger charge is -2.26. The number of aromatic nitrogens is 1. The van der Waals surface area contributed by atoms with Crippen LogP contribution >= 0.6 is 0 Å². The van der Waals surface area contributed by atoms with Crippen molar-refractivity contribution in [1.29, 1.82) is 0 Å². The fraction of sp³-hybridized carbons (Fsp3) is 0.0227. The van der Waals surface area contributed by atoms with Gasteiger partial charge in [0, 0.05) is 38.7 Å². The van der Waals surface area contributed by atoms with Crippen LogP contribution in [0.2, 0.25) is 0 Å². The highest BCUT2D eigenvalue weighted by molar-refractivity contribution is 6.22. The molecule has 2 heterocycles. The summed E-state index contributed by atoms with van der Waals surface area (Å²) >= 11 is 0. The summed E-state index contributed by atoms with van der Waals surface area (Å²) in [4.78, 5) is 7.79. The van der Waals surface area contributed by atoms with E-state index in [1.807, 2.05) is 0 Å². The first-order valence-corrected chi connectivity index (χ1v) is 16.0. The Morgan fingerprint density at radius 2 is 1.06 bits per heavy atom. The van der Waals surface area contributed by atoms with Crippen molar-refractivity contribution in [3.63, 3.8) is 0 Å². The number of fused-ring (bicyclic) bond motifs is 6. The van der Waals surface area contributed by atoms with E-state index in [-0.39, 0.29) is 0 Å². The van der Waals surface area contributed by atoms with Crippen molar-refractivity contribution in [3.8, 4) is 22.5 Å². The predicted octanol–water partition coefficient (Wildman–Crippen LogP) is 12.4. The molecule has 0 amide bonds. The topological polar surface area (TPSA) is 29.3 Å². The zero-order chi connectivity index (χ0) is 31.3. The number of nitrogens with zero attached hydrogens (tertiary/aromatic N) is 2. The minimum absolute atomic E-state index is 0.852. The largest absolute Gasteiger partial charge is 0.455 e. The minimum Gasteiger partial charge on any atom is -0.455 e. The smallest absolute Gasteiger partial charge is 0.143 e. The molecule has 9 aromatic rings. The molecule has 0 aliphatic rings. The summed E-state index contributed by atoms with van der Waals surface area (Å²) in [6.45, 7) is 2.20. The van der Waals surface area contributed by atoms with Gasteiger partial charge in [0.15, 0.2) is 0 Å². The first kappa shape index (κ1) is 27.1. The van der Waals surface area contributed by atoms with Crippen molar-refractivity contribution >= 4 is 60.5 Å². The van der Waals surface area contributed by atoms with Crippen LogP contribution in [-0.4, -0.2) is 4.98 Å². The third kappa shape index (κ3) is 4.39. The summed E-state index contributed by atoms with van der Waals surface area (Å²) in [6.07, 6.45) is 0. The summed E-state index contributed by atoms with van der Waals surface area (Å²) < 4.78 is 6.77. The zero-order valence-electron chi connectivity index (χ0n) is 25.9. The number of rotatable bonds is 5. The summed E-state index contributed by atoms with van der Waals surface area (Å²) in [5, 5.41) is 6.69. The molecule has 0 unspecified atom stereocenters. The molecule has 9 rings (SSSR count). The van der Waals surface area contributed by atoms with Gasteiger partial charge < -0.3 is 9.32 Å². The number of benzene rings is 7. The molecule has 0 aliphatic carbocycles. The number of aryl methyl sites for hydroxylation is 1. The first-order valence-electron chi connectivity index (χ1n) is 16.0. The molecule has 2 aromatic heterocycles. The first-order chi connectivity index (χ1) is 23.3. The molecular weight excluding hydrogens is 572 g/mol. The number of pyridine rings is 1. The Bertz CT molecular complexity index is 2530. The van der Waals surface area contributed by atoms with E-state index >= 15 is 0 Å². The highest BCUT2D eigenvalue weighted by Gasteiger charge is 2.23. The van der Waals surface area contributed by atoms with Gasteiger partial charge in [-0.15, -0.1) is 0 Å². The third-order valence-electron chi connectivity index (χ3n) is 9.22. The molecule has 0 fully saturated rings. The zero-order valence-corrected chi connectivity index (χ0v) is 25.9. The Morgan fingerprint density at radius 3 is 1.74 bits per heavy atom. The van der Waals surface area contributed by atoms with Crippen LogP contribution in [0.3, 0.4) is 0 Å². The van der Waals surface area contributed by atoms with Crippen LogP contribution < -0.4 is 4.90 Å². The fourth-order valence-corrected chi connectivity index (χ4v) is 7.07. The average molecular weight is 603 g/mol. The van der Waals surface area contributed by atoms with Gasteiger partial charge in [-0.2, -0.15) is 0 Å². The van der Waals surface area contributed by atoms with Crippen LogP contribution in [-0.2, 0) is 0 Å². The van der Waals surface area contributed by atoms with Gasteiger partial charge in [-0.3, -0.25) is 0 Å². The van der Waals surface area contributed by atoms with Gasteiger partial charge in [0.05, 0.1) is 22.5 Å². The number of para-hydroxylation sites is 2. The molecule has 47 heavy (non-hydrogen) atoms. The Labute approximate surface area is 273 Å². The number of hydrogen-bond donors (Lipinski definition) is 0. The second-order valence-electron chi connectivity index (χ2n) is 12.0. The van der Waals surface area contributed by atoms with Gasteiger partial charge in [-0.05, 0) is 65.7 Å². The van der Waals surface area contributed by atoms with Gasteiger partial charge in [0.1, 0.15) is 11.2 Å². The lowest BCUT2D eigenvalue weighted by atomic mass is 9.92. The van der Waals surface area contributed by atoms with Crippen LogP contribution in [0.15, 0.2) is 168 Å². The van der Waals surface area contributed by atoms with Crippen molar-refractivity contribution in [3.05, 3.63) is 169 Å². The summed E-state index contributed by atoms with van der Waals surface area (Å²) in [5.74, 6) is 0. The predicted molar refractivity (Wildman–Crippen MR) is 197 cm³/mol. The van der Waals surface area contributed by atoms with Crippen LogP contribution in [0.25, 0.3) is 66.0 Å². The molecule has 0 N–H and O–H groups in total. The van der Waals surface area contributed by atoms with E-state index in [9.17, 15) is 0 Å². The van der Waals surface area contributed by atoms with E-state index in [4.69, 9.17) is 9.40 Å². The van der Waals surface area contributed by atoms with E-state index in [1.54, 1.807) is 0 Å². The molecule has 3 heteroatoms.